The van der Waals surface area contributed by atoms with Gasteiger partial charge in [-0.3, -0.25) is 5.41 Å². The summed E-state index contributed by atoms with van der Waals surface area (Å²) in [7, 11) is 0. The summed E-state index contributed by atoms with van der Waals surface area (Å²) in [6.45, 7) is 0.122. The molecule has 98 valence electrons. The van der Waals surface area contributed by atoms with Crippen molar-refractivity contribution in [1.82, 2.24) is 4.98 Å². The Balaban J connectivity index is 2.19. The molecule has 0 aliphatic carbocycles. The van der Waals surface area contributed by atoms with Gasteiger partial charge in [-0.15, -0.1) is 0 Å². The molecule has 5 heteroatoms. The van der Waals surface area contributed by atoms with Crippen LogP contribution in [0.3, 0.4) is 0 Å². The molecule has 0 fully saturated rings. The van der Waals surface area contributed by atoms with Crippen molar-refractivity contribution in [2.45, 2.75) is 6.42 Å². The summed E-state index contributed by atoms with van der Waals surface area (Å²) >= 11 is 0. The lowest BCUT2D eigenvalue weighted by Gasteiger charge is -2.09. The minimum absolute atomic E-state index is 0.122. The number of nitrogen functional groups attached to an aromatic ring is 1. The van der Waals surface area contributed by atoms with Crippen molar-refractivity contribution in [2.24, 2.45) is 5.73 Å². The van der Waals surface area contributed by atoms with Gasteiger partial charge in [0.25, 0.3) is 0 Å². The zero-order valence-corrected chi connectivity index (χ0v) is 10.3. The van der Waals surface area contributed by atoms with Crippen LogP contribution in [0.4, 0.5) is 0 Å². The molecule has 2 rings (SSSR count). The molecule has 0 atom stereocenters. The van der Waals surface area contributed by atoms with Gasteiger partial charge in [-0.1, -0.05) is 12.1 Å². The molecule has 1 aromatic carbocycles. The Morgan fingerprint density at radius 2 is 2.00 bits per heavy atom. The molecule has 0 saturated heterocycles. The standard InChI is InChI=1S/C14H15N3O2/c15-14(16)13-12(2-1-8-17-13)19-11-5-3-10(4-6-11)7-9-18/h1-6,8,18H,7,9H2,(H3,15,16). The van der Waals surface area contributed by atoms with E-state index in [1.54, 1.807) is 18.3 Å². The number of aliphatic hydroxyl groups is 1. The maximum atomic E-state index is 8.84. The molecule has 0 amide bonds. The average Bonchev–Trinajstić information content (AvgIpc) is 2.42. The normalized spacial score (nSPS) is 10.2. The molecule has 1 aromatic heterocycles. The third-order valence-electron chi connectivity index (χ3n) is 2.58. The van der Waals surface area contributed by atoms with Crippen LogP contribution in [0.15, 0.2) is 42.6 Å². The van der Waals surface area contributed by atoms with Gasteiger partial charge in [-0.25, -0.2) is 4.98 Å². The fourth-order valence-corrected chi connectivity index (χ4v) is 1.66. The number of pyridine rings is 1. The lowest BCUT2D eigenvalue weighted by atomic mass is 10.1. The zero-order valence-electron chi connectivity index (χ0n) is 10.3. The van der Waals surface area contributed by atoms with E-state index in [1.165, 1.54) is 0 Å². The summed E-state index contributed by atoms with van der Waals surface area (Å²) in [6, 6.07) is 10.8. The Labute approximate surface area is 111 Å². The predicted molar refractivity (Wildman–Crippen MR) is 72.6 cm³/mol. The van der Waals surface area contributed by atoms with E-state index in [1.807, 2.05) is 24.3 Å². The molecular formula is C14H15N3O2. The van der Waals surface area contributed by atoms with E-state index in [2.05, 4.69) is 4.98 Å². The van der Waals surface area contributed by atoms with E-state index in [0.717, 1.165) is 5.56 Å². The number of aliphatic hydroxyl groups excluding tert-OH is 1. The van der Waals surface area contributed by atoms with Crippen molar-refractivity contribution >= 4 is 5.84 Å². The van der Waals surface area contributed by atoms with E-state index < -0.39 is 0 Å². The van der Waals surface area contributed by atoms with Gasteiger partial charge in [0.15, 0.2) is 5.75 Å². The summed E-state index contributed by atoms with van der Waals surface area (Å²) in [5, 5.41) is 16.3. The van der Waals surface area contributed by atoms with Crippen LogP contribution in [0, 0.1) is 5.41 Å². The molecular weight excluding hydrogens is 242 g/mol. The van der Waals surface area contributed by atoms with Gasteiger partial charge in [-0.05, 0) is 36.2 Å². The predicted octanol–water partition coefficient (Wildman–Crippen LogP) is 1.69. The Morgan fingerprint density at radius 1 is 1.26 bits per heavy atom. The fraction of sp³-hybridized carbons (Fsp3) is 0.143. The van der Waals surface area contributed by atoms with Gasteiger partial charge in [0.2, 0.25) is 0 Å². The van der Waals surface area contributed by atoms with Crippen LogP contribution in [-0.4, -0.2) is 22.5 Å². The van der Waals surface area contributed by atoms with Gasteiger partial charge in [0.05, 0.1) is 0 Å². The largest absolute Gasteiger partial charge is 0.455 e. The summed E-state index contributed by atoms with van der Waals surface area (Å²) in [5.74, 6) is 0.953. The first-order chi connectivity index (χ1) is 9.20. The molecule has 19 heavy (non-hydrogen) atoms. The van der Waals surface area contributed by atoms with Crippen LogP contribution < -0.4 is 10.5 Å². The zero-order chi connectivity index (χ0) is 13.7. The monoisotopic (exact) mass is 257 g/mol. The molecule has 4 N–H and O–H groups in total. The minimum atomic E-state index is -0.132. The molecule has 0 aliphatic heterocycles. The molecule has 0 saturated carbocycles. The van der Waals surface area contributed by atoms with Gasteiger partial charge >= 0.3 is 0 Å². The van der Waals surface area contributed by atoms with Crippen molar-refractivity contribution in [3.8, 4) is 11.5 Å². The van der Waals surface area contributed by atoms with Crippen LogP contribution in [0.5, 0.6) is 11.5 Å². The summed E-state index contributed by atoms with van der Waals surface area (Å²) in [5.41, 5.74) is 6.80. The number of aromatic nitrogens is 1. The highest BCUT2D eigenvalue weighted by Crippen LogP contribution is 2.23. The lowest BCUT2D eigenvalue weighted by molar-refractivity contribution is 0.299. The molecule has 0 aliphatic rings. The number of rotatable bonds is 5. The second-order valence-corrected chi connectivity index (χ2v) is 3.98. The molecule has 1 heterocycles. The fourth-order valence-electron chi connectivity index (χ4n) is 1.66. The van der Waals surface area contributed by atoms with Gasteiger partial charge in [0.1, 0.15) is 17.3 Å². The maximum Gasteiger partial charge on any atom is 0.156 e. The quantitative estimate of drug-likeness (QED) is 0.561. The van der Waals surface area contributed by atoms with Crippen molar-refractivity contribution in [3.05, 3.63) is 53.9 Å². The first kappa shape index (κ1) is 13.0. The smallest absolute Gasteiger partial charge is 0.156 e. The Hall–Kier alpha value is -2.40. The van der Waals surface area contributed by atoms with Crippen LogP contribution in [0.25, 0.3) is 0 Å². The second kappa shape index (κ2) is 5.97. The van der Waals surface area contributed by atoms with E-state index in [-0.39, 0.29) is 12.4 Å². The number of hydrogen-bond donors (Lipinski definition) is 3. The number of nitrogens with one attached hydrogen (secondary N) is 1. The Kier molecular flexibility index (Phi) is 4.10. The maximum absolute atomic E-state index is 8.84. The van der Waals surface area contributed by atoms with E-state index in [9.17, 15) is 0 Å². The van der Waals surface area contributed by atoms with Crippen LogP contribution in [0.2, 0.25) is 0 Å². The summed E-state index contributed by atoms with van der Waals surface area (Å²) in [4.78, 5) is 4.01. The highest BCUT2D eigenvalue weighted by atomic mass is 16.5. The van der Waals surface area contributed by atoms with E-state index in [0.29, 0.717) is 23.6 Å². The summed E-state index contributed by atoms with van der Waals surface area (Å²) < 4.78 is 5.66. The van der Waals surface area contributed by atoms with Crippen LogP contribution in [0.1, 0.15) is 11.3 Å². The molecule has 0 radical (unpaired) electrons. The highest BCUT2D eigenvalue weighted by molar-refractivity contribution is 5.95. The average molecular weight is 257 g/mol. The third kappa shape index (κ3) is 3.29. The number of amidine groups is 1. The molecule has 0 bridgehead atoms. The molecule has 5 nitrogen and oxygen atoms in total. The minimum Gasteiger partial charge on any atom is -0.455 e. The number of ether oxygens (including phenoxy) is 1. The second-order valence-electron chi connectivity index (χ2n) is 3.98. The van der Waals surface area contributed by atoms with Crippen molar-refractivity contribution < 1.29 is 9.84 Å². The van der Waals surface area contributed by atoms with Crippen molar-refractivity contribution in [1.29, 1.82) is 5.41 Å². The number of nitrogens with two attached hydrogens (primary N) is 1. The van der Waals surface area contributed by atoms with Crippen molar-refractivity contribution in [2.75, 3.05) is 6.61 Å². The van der Waals surface area contributed by atoms with Gasteiger partial charge in [-0.2, -0.15) is 0 Å². The van der Waals surface area contributed by atoms with Gasteiger partial charge in [0, 0.05) is 12.8 Å². The number of nitrogens with zero attached hydrogens (tertiary/aromatic N) is 1. The van der Waals surface area contributed by atoms with Crippen LogP contribution >= 0.6 is 0 Å². The highest BCUT2D eigenvalue weighted by Gasteiger charge is 2.08. The van der Waals surface area contributed by atoms with E-state index >= 15 is 0 Å². The first-order valence-corrected chi connectivity index (χ1v) is 5.88. The third-order valence-corrected chi connectivity index (χ3v) is 2.58. The molecule has 0 unspecified atom stereocenters. The number of hydrogen-bond acceptors (Lipinski definition) is 4. The van der Waals surface area contributed by atoms with E-state index in [4.69, 9.17) is 21.0 Å². The topological polar surface area (TPSA) is 92.2 Å². The number of benzene rings is 1. The SMILES string of the molecule is N=C(N)c1ncccc1Oc1ccc(CCO)cc1. The van der Waals surface area contributed by atoms with Crippen molar-refractivity contribution in [3.63, 3.8) is 0 Å². The first-order valence-electron chi connectivity index (χ1n) is 5.88. The lowest BCUT2D eigenvalue weighted by Crippen LogP contribution is -2.14. The molecule has 0 spiro atoms. The Morgan fingerprint density at radius 3 is 2.63 bits per heavy atom. The van der Waals surface area contributed by atoms with Gasteiger partial charge < -0.3 is 15.6 Å². The molecule has 2 aromatic rings. The Bertz CT molecular complexity index is 567. The van der Waals surface area contributed by atoms with Crippen LogP contribution in [-0.2, 0) is 6.42 Å². The summed E-state index contributed by atoms with van der Waals surface area (Å²) in [6.07, 6.45) is 2.18.